The van der Waals surface area contributed by atoms with Gasteiger partial charge in [-0.15, -0.1) is 0 Å². The van der Waals surface area contributed by atoms with Gasteiger partial charge in [0.25, 0.3) is 0 Å². The Bertz CT molecular complexity index is 619. The van der Waals surface area contributed by atoms with Crippen LogP contribution in [0.25, 0.3) is 0 Å². The van der Waals surface area contributed by atoms with Crippen molar-refractivity contribution in [2.24, 2.45) is 35.5 Å². The Hall–Kier alpha value is -0.350. The maximum atomic E-state index is 3.85. The molecule has 0 heterocycles. The van der Waals surface area contributed by atoms with Crippen molar-refractivity contribution in [2.75, 3.05) is 0 Å². The van der Waals surface area contributed by atoms with Crippen molar-refractivity contribution in [1.29, 1.82) is 0 Å². The van der Waals surface area contributed by atoms with Crippen LogP contribution in [0.5, 0.6) is 0 Å². The normalized spacial score (nSPS) is 53.0. The molecule has 0 atom stereocenters. The highest BCUT2D eigenvalue weighted by Gasteiger charge is 2.62. The lowest BCUT2D eigenvalue weighted by atomic mass is 9.55. The van der Waals surface area contributed by atoms with Crippen molar-refractivity contribution in [1.82, 2.24) is 0 Å². The fourth-order valence-electron chi connectivity index (χ4n) is 10.2. The molecule has 1 aromatic carbocycles. The van der Waals surface area contributed by atoms with Gasteiger partial charge in [0.05, 0.1) is 0 Å². The summed E-state index contributed by atoms with van der Waals surface area (Å²) < 4.78 is 0. The van der Waals surface area contributed by atoms with Crippen LogP contribution in [0.15, 0.2) is 24.3 Å². The van der Waals surface area contributed by atoms with E-state index in [9.17, 15) is 0 Å². The van der Waals surface area contributed by atoms with Crippen LogP contribution in [0.4, 0.5) is 0 Å². The molecule has 0 N–H and O–H groups in total. The molecule has 0 unspecified atom stereocenters. The van der Waals surface area contributed by atoms with E-state index in [0.29, 0.717) is 10.3 Å². The maximum absolute atomic E-state index is 3.85. The minimum atomic E-state index is -0.0595. The number of rotatable bonds is 3. The topological polar surface area (TPSA) is 0 Å². The van der Waals surface area contributed by atoms with E-state index in [1.807, 2.05) is 0 Å². The number of benzene rings is 1. The molecule has 1 heteroatoms. The van der Waals surface area contributed by atoms with Gasteiger partial charge in [-0.25, -0.2) is 0 Å². The molecule has 1 aromatic rings. The predicted molar refractivity (Wildman–Crippen MR) is 114 cm³/mol. The largest absolute Gasteiger partial charge is 0.0619 e. The summed E-state index contributed by atoms with van der Waals surface area (Å²) in [7, 11) is -0.0595. The fraction of sp³-hybridized carbons (Fsp3) is 0.769. The van der Waals surface area contributed by atoms with Gasteiger partial charge in [0.1, 0.15) is 0 Å². The summed E-state index contributed by atoms with van der Waals surface area (Å²) in [5.74, 6) is 6.49. The maximum Gasteiger partial charge on any atom is -0.00412 e. The van der Waals surface area contributed by atoms with Crippen LogP contribution in [-0.2, 0) is 0 Å². The molecule has 0 nitrogen and oxygen atoms in total. The fourth-order valence-corrected chi connectivity index (χ4v) is 15.3. The summed E-state index contributed by atoms with van der Waals surface area (Å²) in [5.41, 5.74) is 0. The van der Waals surface area contributed by atoms with Crippen LogP contribution in [0, 0.1) is 41.6 Å². The Morgan fingerprint density at radius 1 is 0.630 bits per heavy atom. The lowest BCUT2D eigenvalue weighted by Crippen LogP contribution is -2.58. The van der Waals surface area contributed by atoms with Crippen molar-refractivity contribution >= 4 is 13.2 Å². The molecule has 8 fully saturated rings. The minimum absolute atomic E-state index is 0.0595. The Morgan fingerprint density at radius 2 is 1.04 bits per heavy atom. The molecular weight excluding hydrogens is 343 g/mol. The average Bonchev–Trinajstić information content (AvgIpc) is 2.60. The highest BCUT2D eigenvalue weighted by atomic mass is 31.1. The van der Waals surface area contributed by atoms with E-state index in [0.717, 1.165) is 35.5 Å². The zero-order chi connectivity index (χ0) is 17.6. The van der Waals surface area contributed by atoms with Gasteiger partial charge in [-0.2, -0.15) is 0 Å². The standard InChI is InChI=1S/C26H34P/c1-2-4-24(5-3-1)27(25-12-18-6-19(13-25)8-20(7-18)14-25)26-15-21-9-22(16-26)11-23(10-21)17-26/h1-4,18-23H,6-17H2. The van der Waals surface area contributed by atoms with Crippen LogP contribution >= 0.6 is 7.92 Å². The molecule has 8 saturated carbocycles. The summed E-state index contributed by atoms with van der Waals surface area (Å²) >= 11 is 0. The molecule has 8 bridgehead atoms. The van der Waals surface area contributed by atoms with Gasteiger partial charge in [0.15, 0.2) is 0 Å². The first-order chi connectivity index (χ1) is 13.2. The second-order valence-corrected chi connectivity index (χ2v) is 14.9. The van der Waals surface area contributed by atoms with Crippen molar-refractivity contribution in [3.63, 3.8) is 0 Å². The average molecular weight is 378 g/mol. The summed E-state index contributed by atoms with van der Waals surface area (Å²) in [6.45, 7) is 0. The molecule has 0 aliphatic heterocycles. The van der Waals surface area contributed by atoms with E-state index in [2.05, 4.69) is 30.3 Å². The zero-order valence-electron chi connectivity index (χ0n) is 16.7. The van der Waals surface area contributed by atoms with Gasteiger partial charge in [-0.3, -0.25) is 0 Å². The van der Waals surface area contributed by atoms with Crippen LogP contribution in [0.2, 0.25) is 0 Å². The predicted octanol–water partition coefficient (Wildman–Crippen LogP) is 6.53. The van der Waals surface area contributed by atoms with Crippen LogP contribution < -0.4 is 5.30 Å². The van der Waals surface area contributed by atoms with Gasteiger partial charge < -0.3 is 0 Å². The molecular formula is C26H34P. The van der Waals surface area contributed by atoms with Crippen LogP contribution in [0.3, 0.4) is 0 Å². The molecule has 0 spiro atoms. The summed E-state index contributed by atoms with van der Waals surface area (Å²) in [4.78, 5) is 0. The lowest BCUT2D eigenvalue weighted by Gasteiger charge is -2.67. The third-order valence-electron chi connectivity index (χ3n) is 9.89. The molecule has 27 heavy (non-hydrogen) atoms. The smallest absolute Gasteiger partial charge is 0.00412 e. The Balaban J connectivity index is 1.37. The molecule has 8 aliphatic rings. The van der Waals surface area contributed by atoms with E-state index < -0.39 is 0 Å². The number of hydrogen-bond donors (Lipinski definition) is 0. The van der Waals surface area contributed by atoms with Gasteiger partial charge in [0, 0.05) is 0 Å². The summed E-state index contributed by atoms with van der Waals surface area (Å²) in [5, 5.41) is 3.10. The van der Waals surface area contributed by atoms with Gasteiger partial charge in [-0.05, 0) is 134 Å². The molecule has 0 amide bonds. The van der Waals surface area contributed by atoms with Gasteiger partial charge in [0.2, 0.25) is 0 Å². The Morgan fingerprint density at radius 3 is 1.37 bits per heavy atom. The SMILES string of the molecule is [c]1ccccc1P(C12CC3CC(CC(C3)C1)C2)C12CC3CC(CC(C3)C1)C2. The Labute approximate surface area is 166 Å². The van der Waals surface area contributed by atoms with Gasteiger partial charge >= 0.3 is 0 Å². The highest BCUT2D eigenvalue weighted by Crippen LogP contribution is 2.78. The van der Waals surface area contributed by atoms with E-state index in [-0.39, 0.29) is 7.92 Å². The van der Waals surface area contributed by atoms with Gasteiger partial charge in [-0.1, -0.05) is 32.2 Å². The molecule has 0 saturated heterocycles. The van der Waals surface area contributed by atoms with E-state index in [1.165, 1.54) is 0 Å². The Kier molecular flexibility index (Phi) is 3.43. The highest BCUT2D eigenvalue weighted by molar-refractivity contribution is 7.68. The molecule has 0 aromatic heterocycles. The van der Waals surface area contributed by atoms with Crippen LogP contribution in [0.1, 0.15) is 77.0 Å². The monoisotopic (exact) mass is 377 g/mol. The first-order valence-electron chi connectivity index (χ1n) is 12.0. The second kappa shape index (κ2) is 5.62. The zero-order valence-corrected chi connectivity index (χ0v) is 17.6. The van der Waals surface area contributed by atoms with Crippen molar-refractivity contribution in [3.8, 4) is 0 Å². The van der Waals surface area contributed by atoms with E-state index in [4.69, 9.17) is 0 Å². The molecule has 143 valence electrons. The second-order valence-electron chi connectivity index (χ2n) is 11.9. The van der Waals surface area contributed by atoms with Crippen LogP contribution in [-0.4, -0.2) is 10.3 Å². The molecule has 8 aliphatic carbocycles. The molecule has 1 radical (unpaired) electrons. The third-order valence-corrected chi connectivity index (χ3v) is 13.6. The lowest BCUT2D eigenvalue weighted by molar-refractivity contribution is 0.0195. The van der Waals surface area contributed by atoms with E-state index in [1.54, 1.807) is 82.4 Å². The third kappa shape index (κ3) is 2.38. The minimum Gasteiger partial charge on any atom is -0.0619 e. The van der Waals surface area contributed by atoms with Crippen molar-refractivity contribution in [2.45, 2.75) is 87.4 Å². The van der Waals surface area contributed by atoms with Crippen molar-refractivity contribution < 1.29 is 0 Å². The quantitative estimate of drug-likeness (QED) is 0.525. The molecule has 9 rings (SSSR count). The first-order valence-corrected chi connectivity index (χ1v) is 13.3. The summed E-state index contributed by atoms with van der Waals surface area (Å²) in [6.07, 6.45) is 19.1. The first kappa shape index (κ1) is 16.4. The number of hydrogen-bond acceptors (Lipinski definition) is 0. The summed E-state index contributed by atoms with van der Waals surface area (Å²) in [6, 6.07) is 13.1. The van der Waals surface area contributed by atoms with E-state index >= 15 is 0 Å². The van der Waals surface area contributed by atoms with Crippen molar-refractivity contribution in [3.05, 3.63) is 30.3 Å².